The van der Waals surface area contributed by atoms with Crippen LogP contribution in [0.1, 0.15) is 97.8 Å². The molecule has 0 spiro atoms. The Kier molecular flexibility index (Phi) is 9.91. The number of aryl methyl sites for hydroxylation is 2. The summed E-state index contributed by atoms with van der Waals surface area (Å²) in [6.45, 7) is 13.0. The van der Waals surface area contributed by atoms with Crippen LogP contribution in [0.15, 0.2) is 84.9 Å². The smallest absolute Gasteiger partial charge is 0.408 e. The molecule has 2 heterocycles. The average molecular weight is 709 g/mol. The fourth-order valence-corrected chi connectivity index (χ4v) is 8.98. The number of hydrogen-bond donors (Lipinski definition) is 0. The second-order valence-electron chi connectivity index (χ2n) is 13.2. The molecule has 3 unspecified atom stereocenters. The van der Waals surface area contributed by atoms with Crippen molar-refractivity contribution in [2.45, 2.75) is 79.1 Å². The molecule has 50 heavy (non-hydrogen) atoms. The molecule has 9 heteroatoms. The Morgan fingerprint density at radius 1 is 0.600 bits per heavy atom. The van der Waals surface area contributed by atoms with Gasteiger partial charge in [0.2, 0.25) is 0 Å². The molecule has 3 atom stereocenters. The number of benzene rings is 5. The Labute approximate surface area is 296 Å². The normalized spacial score (nSPS) is 16.4. The zero-order valence-electron chi connectivity index (χ0n) is 29.3. The Balaban J connectivity index is 1.37. The first-order valence-electron chi connectivity index (χ1n) is 17.4. The maximum absolute atomic E-state index is 13.1. The van der Waals surface area contributed by atoms with Gasteiger partial charge in [0.25, 0.3) is 0 Å². The maximum atomic E-state index is 13.1. The number of carbonyl (C=O) groups is 1. The molecule has 0 amide bonds. The zero-order valence-corrected chi connectivity index (χ0v) is 31.1. The van der Waals surface area contributed by atoms with Crippen LogP contribution < -0.4 is 22.6 Å². The van der Waals surface area contributed by atoms with Crippen molar-refractivity contribution in [2.24, 2.45) is 0 Å². The maximum Gasteiger partial charge on any atom is 0.532 e. The molecule has 5 aromatic rings. The van der Waals surface area contributed by atoms with Gasteiger partial charge in [-0.05, 0) is 103 Å². The van der Waals surface area contributed by atoms with Crippen LogP contribution in [0.25, 0.3) is 21.9 Å². The van der Waals surface area contributed by atoms with Crippen LogP contribution >= 0.6 is 17.2 Å². The number of fused-ring (bicyclic) bond motifs is 1. The van der Waals surface area contributed by atoms with Gasteiger partial charge in [0.15, 0.2) is 0 Å². The SMILES string of the molecule is CCCC(C)c1cc(C)cc(-c2cc(C)cc(C(C)CCC)c2OP2Oc3cccc4cccc(c34)O2)c1OP1OC(=O)c2ccccc2O1. The summed E-state index contributed by atoms with van der Waals surface area (Å²) in [5, 5.41) is 1.99. The molecule has 0 saturated carbocycles. The summed E-state index contributed by atoms with van der Waals surface area (Å²) in [6.07, 6.45) is 3.95. The molecular weight excluding hydrogens is 666 g/mol. The molecule has 0 radical (unpaired) electrons. The van der Waals surface area contributed by atoms with Gasteiger partial charge >= 0.3 is 23.2 Å². The van der Waals surface area contributed by atoms with Gasteiger partial charge in [0.1, 0.15) is 34.3 Å². The van der Waals surface area contributed by atoms with E-state index >= 15 is 0 Å². The highest BCUT2D eigenvalue weighted by Gasteiger charge is 2.36. The highest BCUT2D eigenvalue weighted by atomic mass is 31.2. The van der Waals surface area contributed by atoms with Crippen molar-refractivity contribution in [3.05, 3.63) is 113 Å². The molecule has 0 bridgehead atoms. The van der Waals surface area contributed by atoms with Crippen LogP contribution in [0, 0.1) is 13.8 Å². The Bertz CT molecular complexity index is 2020. The van der Waals surface area contributed by atoms with Gasteiger partial charge in [-0.25, -0.2) is 4.79 Å². The van der Waals surface area contributed by atoms with E-state index in [0.29, 0.717) is 22.8 Å². The molecule has 7 nitrogen and oxygen atoms in total. The van der Waals surface area contributed by atoms with E-state index < -0.39 is 23.2 Å². The van der Waals surface area contributed by atoms with E-state index in [1.807, 2.05) is 30.3 Å². The number of rotatable bonds is 11. The highest BCUT2D eigenvalue weighted by Crippen LogP contribution is 2.57. The summed E-state index contributed by atoms with van der Waals surface area (Å²) in [6, 6.07) is 27.7. The fraction of sp³-hybridized carbons (Fsp3) is 0.293. The molecule has 0 fully saturated rings. The Hall–Kier alpha value is -4.31. The van der Waals surface area contributed by atoms with E-state index in [2.05, 4.69) is 77.9 Å². The first-order valence-corrected chi connectivity index (χ1v) is 19.6. The van der Waals surface area contributed by atoms with E-state index in [1.165, 1.54) is 0 Å². The van der Waals surface area contributed by atoms with Gasteiger partial charge in [-0.2, -0.15) is 0 Å². The van der Waals surface area contributed by atoms with Crippen LogP contribution in [0.2, 0.25) is 0 Å². The third-order valence-electron chi connectivity index (χ3n) is 9.26. The molecule has 0 aliphatic carbocycles. The van der Waals surface area contributed by atoms with Crippen molar-refractivity contribution in [1.82, 2.24) is 0 Å². The molecule has 7 rings (SSSR count). The lowest BCUT2D eigenvalue weighted by Gasteiger charge is -2.29. The fourth-order valence-electron chi connectivity index (χ4n) is 6.87. The van der Waals surface area contributed by atoms with Crippen molar-refractivity contribution in [3.8, 4) is 39.9 Å². The molecule has 2 aliphatic heterocycles. The first-order chi connectivity index (χ1) is 24.2. The summed E-state index contributed by atoms with van der Waals surface area (Å²) in [7, 11) is -3.94. The molecule has 5 aromatic carbocycles. The van der Waals surface area contributed by atoms with Crippen molar-refractivity contribution in [3.63, 3.8) is 0 Å². The minimum absolute atomic E-state index is 0.162. The van der Waals surface area contributed by atoms with Gasteiger partial charge in [-0.1, -0.05) is 89.1 Å². The molecule has 0 aromatic heterocycles. The van der Waals surface area contributed by atoms with Crippen molar-refractivity contribution >= 4 is 33.9 Å². The predicted octanol–water partition coefficient (Wildman–Crippen LogP) is 12.9. The van der Waals surface area contributed by atoms with Crippen molar-refractivity contribution in [1.29, 1.82) is 0 Å². The lowest BCUT2D eigenvalue weighted by Crippen LogP contribution is -2.15. The van der Waals surface area contributed by atoms with Gasteiger partial charge in [0.05, 0.1) is 5.39 Å². The monoisotopic (exact) mass is 708 g/mol. The minimum atomic E-state index is -2.08. The third kappa shape index (κ3) is 6.74. The third-order valence-corrected chi connectivity index (χ3v) is 11.3. The van der Waals surface area contributed by atoms with E-state index in [9.17, 15) is 4.79 Å². The van der Waals surface area contributed by atoms with E-state index in [0.717, 1.165) is 81.3 Å². The molecule has 0 N–H and O–H groups in total. The summed E-state index contributed by atoms with van der Waals surface area (Å²) in [5.74, 6) is 3.13. The van der Waals surface area contributed by atoms with Gasteiger partial charge < -0.3 is 27.1 Å². The lowest BCUT2D eigenvalue weighted by molar-refractivity contribution is 0.0697. The standard InChI is InChI=1S/C41H42O7P2/c1-7-13-27(5)31-21-25(3)23-33(39(31)46-49-44-36-19-11-15-29-16-12-20-37(45-49)38(29)36)34-24-26(4)22-32(28(6)14-8-2)40(34)47-50-43-35-18-10-9-17-30(35)41(42)48-50/h9-12,15-24,27-28H,7-8,13-14H2,1-6H3. The molecule has 0 saturated heterocycles. The molecule has 2 aliphatic rings. The Morgan fingerprint density at radius 3 is 1.62 bits per heavy atom. The molecule has 258 valence electrons. The van der Waals surface area contributed by atoms with Crippen LogP contribution in [-0.4, -0.2) is 5.97 Å². The van der Waals surface area contributed by atoms with Crippen LogP contribution in [-0.2, 0) is 4.52 Å². The quantitative estimate of drug-likeness (QED) is 0.126. The minimum Gasteiger partial charge on any atom is -0.408 e. The van der Waals surface area contributed by atoms with Gasteiger partial charge in [-0.3, -0.25) is 0 Å². The first kappa shape index (κ1) is 34.2. The summed E-state index contributed by atoms with van der Waals surface area (Å²) >= 11 is 0. The zero-order chi connectivity index (χ0) is 34.9. The van der Waals surface area contributed by atoms with Crippen molar-refractivity contribution in [2.75, 3.05) is 0 Å². The van der Waals surface area contributed by atoms with E-state index in [1.54, 1.807) is 18.2 Å². The summed E-state index contributed by atoms with van der Waals surface area (Å²) in [5.41, 5.74) is 6.35. The average Bonchev–Trinajstić information content (AvgIpc) is 3.10. The lowest BCUT2D eigenvalue weighted by atomic mass is 9.87. The van der Waals surface area contributed by atoms with Crippen LogP contribution in [0.3, 0.4) is 0 Å². The second-order valence-corrected chi connectivity index (χ2v) is 15.2. The largest absolute Gasteiger partial charge is 0.532 e. The number of carbonyl (C=O) groups excluding carboxylic acids is 1. The van der Waals surface area contributed by atoms with Gasteiger partial charge in [-0.15, -0.1) is 0 Å². The van der Waals surface area contributed by atoms with Crippen LogP contribution in [0.5, 0.6) is 28.7 Å². The summed E-state index contributed by atoms with van der Waals surface area (Å²) < 4.78 is 38.5. The number of para-hydroxylation sites is 1. The highest BCUT2D eigenvalue weighted by molar-refractivity contribution is 7.43. The predicted molar refractivity (Wildman–Crippen MR) is 201 cm³/mol. The van der Waals surface area contributed by atoms with Gasteiger partial charge in [0, 0.05) is 11.1 Å². The Morgan fingerprint density at radius 2 is 1.08 bits per heavy atom. The van der Waals surface area contributed by atoms with Crippen LogP contribution in [0.4, 0.5) is 0 Å². The van der Waals surface area contributed by atoms with E-state index in [-0.39, 0.29) is 11.8 Å². The van der Waals surface area contributed by atoms with E-state index in [4.69, 9.17) is 27.1 Å². The second kappa shape index (κ2) is 14.5. The van der Waals surface area contributed by atoms with Crippen molar-refractivity contribution < 1.29 is 31.9 Å². The molecular formula is C41H42O7P2. The topological polar surface area (TPSA) is 72.5 Å². The number of hydrogen-bond acceptors (Lipinski definition) is 7. The summed E-state index contributed by atoms with van der Waals surface area (Å²) in [4.78, 5) is 13.1.